The molecule has 0 amide bonds. The molecule has 0 aliphatic heterocycles. The van der Waals surface area contributed by atoms with Crippen LogP contribution in [-0.2, 0) is 6.54 Å². The second-order valence-electron chi connectivity index (χ2n) is 9.80. The van der Waals surface area contributed by atoms with Crippen LogP contribution < -0.4 is 5.32 Å². The molecule has 1 saturated carbocycles. The molecule has 6 aromatic heterocycles. The molecule has 6 heterocycles. The molecular formula is C28H25FN8O. The van der Waals surface area contributed by atoms with Crippen molar-refractivity contribution in [2.75, 3.05) is 6.54 Å². The van der Waals surface area contributed by atoms with E-state index >= 15 is 4.39 Å². The van der Waals surface area contributed by atoms with Crippen molar-refractivity contribution in [2.24, 2.45) is 5.92 Å². The maximum Gasteiger partial charge on any atom is 0.161 e. The van der Waals surface area contributed by atoms with Gasteiger partial charge in [0.1, 0.15) is 22.6 Å². The molecule has 9 nitrogen and oxygen atoms in total. The molecule has 0 aromatic carbocycles. The van der Waals surface area contributed by atoms with E-state index in [2.05, 4.69) is 35.5 Å². The Labute approximate surface area is 217 Å². The Balaban J connectivity index is 1.23. The van der Waals surface area contributed by atoms with E-state index in [0.717, 1.165) is 29.1 Å². The van der Waals surface area contributed by atoms with E-state index in [4.69, 9.17) is 9.40 Å². The number of H-pyrrole nitrogens is 2. The average molecular weight is 509 g/mol. The normalized spacial score (nSPS) is 14.2. The van der Waals surface area contributed by atoms with Gasteiger partial charge in [-0.15, -0.1) is 0 Å². The number of rotatable bonds is 7. The van der Waals surface area contributed by atoms with Crippen molar-refractivity contribution in [1.29, 1.82) is 0 Å². The molecule has 38 heavy (non-hydrogen) atoms. The first-order valence-electron chi connectivity index (χ1n) is 12.8. The SMILES string of the molecule is Fc1c(-c2cncc(CNCC3CCCC3)c2)ncc2[nH]nc(-c3nc4c(-c5ccoc5)nccc4[nH]3)c12. The van der Waals surface area contributed by atoms with Crippen LogP contribution in [0.3, 0.4) is 0 Å². The quantitative estimate of drug-likeness (QED) is 0.255. The fraction of sp³-hybridized carbons (Fsp3) is 0.250. The molecule has 0 saturated heterocycles. The van der Waals surface area contributed by atoms with Crippen LogP contribution in [0.25, 0.3) is 56.0 Å². The number of hydrogen-bond donors (Lipinski definition) is 3. The maximum atomic E-state index is 16.0. The summed E-state index contributed by atoms with van der Waals surface area (Å²) in [5.41, 5.74) is 5.58. The molecular weight excluding hydrogens is 483 g/mol. The average Bonchev–Trinajstić information content (AvgIpc) is 3.75. The predicted molar refractivity (Wildman–Crippen MR) is 141 cm³/mol. The molecule has 10 heteroatoms. The van der Waals surface area contributed by atoms with Crippen molar-refractivity contribution in [2.45, 2.75) is 32.2 Å². The van der Waals surface area contributed by atoms with Crippen LogP contribution in [-0.4, -0.2) is 41.7 Å². The van der Waals surface area contributed by atoms with Crippen molar-refractivity contribution < 1.29 is 8.81 Å². The minimum absolute atomic E-state index is 0.224. The summed E-state index contributed by atoms with van der Waals surface area (Å²) in [4.78, 5) is 21.2. The minimum atomic E-state index is -0.474. The van der Waals surface area contributed by atoms with E-state index < -0.39 is 5.82 Å². The Morgan fingerprint density at radius 3 is 2.79 bits per heavy atom. The number of pyridine rings is 3. The lowest BCUT2D eigenvalue weighted by molar-refractivity contribution is 0.489. The highest BCUT2D eigenvalue weighted by molar-refractivity contribution is 5.97. The van der Waals surface area contributed by atoms with Crippen LogP contribution >= 0.6 is 0 Å². The molecule has 7 rings (SSSR count). The summed E-state index contributed by atoms with van der Waals surface area (Å²) < 4.78 is 21.3. The summed E-state index contributed by atoms with van der Waals surface area (Å²) in [5, 5.41) is 11.1. The second-order valence-corrected chi connectivity index (χ2v) is 9.80. The largest absolute Gasteiger partial charge is 0.472 e. The van der Waals surface area contributed by atoms with Gasteiger partial charge < -0.3 is 14.7 Å². The smallest absolute Gasteiger partial charge is 0.161 e. The second kappa shape index (κ2) is 9.46. The minimum Gasteiger partial charge on any atom is -0.472 e. The standard InChI is InChI=1S/C28H25FN8O/c29-23-22-21(14-33-24(23)19-9-17(12-31-13-19)11-30-10-16-3-1-2-4-16)36-37-27(22)28-34-20-5-7-32-25(26(20)35-28)18-6-8-38-15-18/h5-9,12-16,30H,1-4,10-11H2,(H,34,35)(H,36,37). The zero-order valence-electron chi connectivity index (χ0n) is 20.5. The molecule has 0 spiro atoms. The monoisotopic (exact) mass is 508 g/mol. The highest BCUT2D eigenvalue weighted by Gasteiger charge is 2.22. The summed E-state index contributed by atoms with van der Waals surface area (Å²) in [6, 6.07) is 5.59. The fourth-order valence-electron chi connectivity index (χ4n) is 5.35. The van der Waals surface area contributed by atoms with Gasteiger partial charge in [0.25, 0.3) is 0 Å². The van der Waals surface area contributed by atoms with Gasteiger partial charge in [-0.05, 0) is 49.1 Å². The Morgan fingerprint density at radius 2 is 1.92 bits per heavy atom. The Morgan fingerprint density at radius 1 is 1.00 bits per heavy atom. The number of halogens is 1. The van der Waals surface area contributed by atoms with Crippen LogP contribution in [0.15, 0.2) is 59.9 Å². The van der Waals surface area contributed by atoms with E-state index in [1.165, 1.54) is 25.7 Å². The van der Waals surface area contributed by atoms with Gasteiger partial charge in [0.05, 0.1) is 35.1 Å². The summed E-state index contributed by atoms with van der Waals surface area (Å²) in [7, 11) is 0. The summed E-state index contributed by atoms with van der Waals surface area (Å²) in [5.74, 6) is 0.706. The summed E-state index contributed by atoms with van der Waals surface area (Å²) in [6.07, 6.45) is 15.2. The lowest BCUT2D eigenvalue weighted by Gasteiger charge is -2.11. The first kappa shape index (κ1) is 22.7. The molecule has 6 aromatic rings. The van der Waals surface area contributed by atoms with Gasteiger partial charge in [-0.1, -0.05) is 12.8 Å². The topological polar surface area (TPSA) is 121 Å². The zero-order valence-corrected chi connectivity index (χ0v) is 20.5. The first-order chi connectivity index (χ1) is 18.7. The maximum absolute atomic E-state index is 16.0. The third kappa shape index (κ3) is 4.03. The molecule has 0 bridgehead atoms. The third-order valence-corrected chi connectivity index (χ3v) is 7.27. The van der Waals surface area contributed by atoms with Crippen LogP contribution in [0.1, 0.15) is 31.2 Å². The number of fused-ring (bicyclic) bond motifs is 2. The van der Waals surface area contributed by atoms with Crippen molar-refractivity contribution in [3.8, 4) is 34.0 Å². The number of hydrogen-bond acceptors (Lipinski definition) is 7. The van der Waals surface area contributed by atoms with Crippen molar-refractivity contribution in [3.05, 3.63) is 66.9 Å². The lowest BCUT2D eigenvalue weighted by atomic mass is 10.1. The van der Waals surface area contributed by atoms with Gasteiger partial charge in [-0.2, -0.15) is 5.10 Å². The van der Waals surface area contributed by atoms with Crippen molar-refractivity contribution in [3.63, 3.8) is 0 Å². The van der Waals surface area contributed by atoms with Gasteiger partial charge >= 0.3 is 0 Å². The molecule has 1 aliphatic carbocycles. The highest BCUT2D eigenvalue weighted by atomic mass is 19.1. The molecule has 0 unspecified atom stereocenters. The zero-order chi connectivity index (χ0) is 25.5. The Kier molecular flexibility index (Phi) is 5.66. The van der Waals surface area contributed by atoms with E-state index in [1.807, 2.05) is 24.4 Å². The van der Waals surface area contributed by atoms with Gasteiger partial charge in [-0.3, -0.25) is 20.1 Å². The number of imidazole rings is 1. The van der Waals surface area contributed by atoms with E-state index in [1.54, 1.807) is 31.1 Å². The number of nitrogens with zero attached hydrogens (tertiary/aromatic N) is 5. The molecule has 190 valence electrons. The van der Waals surface area contributed by atoms with Gasteiger partial charge in [0, 0.05) is 36.3 Å². The molecule has 0 radical (unpaired) electrons. The molecule has 1 aliphatic rings. The lowest BCUT2D eigenvalue weighted by Crippen LogP contribution is -2.20. The van der Waals surface area contributed by atoms with Crippen LogP contribution in [0.2, 0.25) is 0 Å². The van der Waals surface area contributed by atoms with Crippen molar-refractivity contribution >= 4 is 21.9 Å². The summed E-state index contributed by atoms with van der Waals surface area (Å²) >= 11 is 0. The predicted octanol–water partition coefficient (Wildman–Crippen LogP) is 5.64. The summed E-state index contributed by atoms with van der Waals surface area (Å²) in [6.45, 7) is 1.68. The van der Waals surface area contributed by atoms with Gasteiger partial charge in [0.2, 0.25) is 0 Å². The number of furan rings is 1. The van der Waals surface area contributed by atoms with Gasteiger partial charge in [0.15, 0.2) is 11.6 Å². The molecule has 1 fully saturated rings. The van der Waals surface area contributed by atoms with E-state index in [-0.39, 0.29) is 5.69 Å². The van der Waals surface area contributed by atoms with Crippen LogP contribution in [0.5, 0.6) is 0 Å². The Bertz CT molecular complexity index is 1730. The van der Waals surface area contributed by atoms with E-state index in [0.29, 0.717) is 45.7 Å². The Hall–Kier alpha value is -4.44. The number of nitrogens with one attached hydrogen (secondary N) is 3. The number of aromatic amines is 2. The molecule has 3 N–H and O–H groups in total. The highest BCUT2D eigenvalue weighted by Crippen LogP contribution is 2.34. The number of aromatic nitrogens is 7. The van der Waals surface area contributed by atoms with Gasteiger partial charge in [-0.25, -0.2) is 9.37 Å². The van der Waals surface area contributed by atoms with Crippen LogP contribution in [0, 0.1) is 11.7 Å². The third-order valence-electron chi connectivity index (χ3n) is 7.27. The van der Waals surface area contributed by atoms with E-state index in [9.17, 15) is 0 Å². The first-order valence-corrected chi connectivity index (χ1v) is 12.8. The van der Waals surface area contributed by atoms with Crippen molar-refractivity contribution in [1.82, 2.24) is 40.4 Å². The molecule has 0 atom stereocenters. The fourth-order valence-corrected chi connectivity index (χ4v) is 5.35. The van der Waals surface area contributed by atoms with Crippen LogP contribution in [0.4, 0.5) is 4.39 Å².